The third kappa shape index (κ3) is 3.06. The van der Waals surface area contributed by atoms with Crippen LogP contribution in [0.25, 0.3) is 0 Å². The quantitative estimate of drug-likeness (QED) is 0.760. The topological polar surface area (TPSA) is 63.8 Å². The zero-order chi connectivity index (χ0) is 10.7. The van der Waals surface area contributed by atoms with Crippen LogP contribution in [0.2, 0.25) is 0 Å². The standard InChI is InChI=1S/C10H18N4S/c1-7-3-2-4-8(6-5-7)12-10-13-9(11)14-15-10/h7-8H,2-6H2,1H3,(H3,11,12,13,14). The van der Waals surface area contributed by atoms with Gasteiger partial charge in [-0.05, 0) is 25.2 Å². The summed E-state index contributed by atoms with van der Waals surface area (Å²) in [5.74, 6) is 1.25. The lowest BCUT2D eigenvalue weighted by Crippen LogP contribution is -2.18. The predicted molar refractivity (Wildman–Crippen MR) is 64.0 cm³/mol. The average Bonchev–Trinajstić information content (AvgIpc) is 2.48. The maximum absolute atomic E-state index is 5.48. The summed E-state index contributed by atoms with van der Waals surface area (Å²) in [5, 5.41) is 4.29. The third-order valence-electron chi connectivity index (χ3n) is 3.03. The number of hydrogen-bond donors (Lipinski definition) is 2. The Labute approximate surface area is 94.5 Å². The molecule has 0 saturated heterocycles. The fourth-order valence-corrected chi connectivity index (χ4v) is 2.67. The van der Waals surface area contributed by atoms with Crippen LogP contribution in [0.3, 0.4) is 0 Å². The van der Waals surface area contributed by atoms with Crippen molar-refractivity contribution in [2.24, 2.45) is 5.92 Å². The Bertz CT molecular complexity index is 312. The molecule has 2 rings (SSSR count). The van der Waals surface area contributed by atoms with Gasteiger partial charge in [0.25, 0.3) is 0 Å². The third-order valence-corrected chi connectivity index (χ3v) is 3.69. The number of rotatable bonds is 2. The molecule has 0 aromatic carbocycles. The van der Waals surface area contributed by atoms with Crippen LogP contribution in [0.4, 0.5) is 11.1 Å². The van der Waals surface area contributed by atoms with Crippen molar-refractivity contribution in [2.45, 2.75) is 45.1 Å². The maximum atomic E-state index is 5.48. The van der Waals surface area contributed by atoms with Crippen LogP contribution in [0.15, 0.2) is 0 Å². The Morgan fingerprint density at radius 2 is 2.20 bits per heavy atom. The van der Waals surface area contributed by atoms with E-state index in [1.807, 2.05) is 0 Å². The summed E-state index contributed by atoms with van der Waals surface area (Å²) in [4.78, 5) is 4.13. The summed E-state index contributed by atoms with van der Waals surface area (Å²) in [6.07, 6.45) is 6.46. The fourth-order valence-electron chi connectivity index (χ4n) is 2.10. The van der Waals surface area contributed by atoms with Gasteiger partial charge in [-0.2, -0.15) is 9.36 Å². The molecule has 1 heterocycles. The summed E-state index contributed by atoms with van der Waals surface area (Å²) >= 11 is 1.35. The second-order valence-electron chi connectivity index (χ2n) is 4.41. The van der Waals surface area contributed by atoms with Gasteiger partial charge in [-0.15, -0.1) is 0 Å². The van der Waals surface area contributed by atoms with Gasteiger partial charge >= 0.3 is 0 Å². The monoisotopic (exact) mass is 226 g/mol. The Hall–Kier alpha value is -0.840. The number of hydrogen-bond acceptors (Lipinski definition) is 5. The molecule has 0 spiro atoms. The summed E-state index contributed by atoms with van der Waals surface area (Å²) in [7, 11) is 0. The van der Waals surface area contributed by atoms with E-state index in [9.17, 15) is 0 Å². The SMILES string of the molecule is CC1CCCC(Nc2nc(N)ns2)CC1. The normalized spacial score (nSPS) is 27.3. The summed E-state index contributed by atoms with van der Waals surface area (Å²) in [5.41, 5.74) is 5.48. The summed E-state index contributed by atoms with van der Waals surface area (Å²) in [6, 6.07) is 0.558. The molecule has 1 aromatic rings. The first-order valence-electron chi connectivity index (χ1n) is 5.60. The zero-order valence-electron chi connectivity index (χ0n) is 9.07. The van der Waals surface area contributed by atoms with Gasteiger partial charge in [-0.3, -0.25) is 0 Å². The van der Waals surface area contributed by atoms with Crippen molar-refractivity contribution >= 4 is 22.6 Å². The molecule has 0 amide bonds. The van der Waals surface area contributed by atoms with Crippen LogP contribution in [-0.2, 0) is 0 Å². The highest BCUT2D eigenvalue weighted by molar-refractivity contribution is 7.09. The molecule has 0 bridgehead atoms. The Morgan fingerprint density at radius 3 is 2.93 bits per heavy atom. The van der Waals surface area contributed by atoms with Crippen molar-refractivity contribution in [1.29, 1.82) is 0 Å². The number of nitrogens with one attached hydrogen (secondary N) is 1. The first-order chi connectivity index (χ1) is 7.24. The van der Waals surface area contributed by atoms with E-state index >= 15 is 0 Å². The molecule has 1 saturated carbocycles. The average molecular weight is 226 g/mol. The van der Waals surface area contributed by atoms with Crippen molar-refractivity contribution in [3.05, 3.63) is 0 Å². The van der Waals surface area contributed by atoms with Crippen molar-refractivity contribution < 1.29 is 0 Å². The summed E-state index contributed by atoms with van der Waals surface area (Å²) in [6.45, 7) is 2.34. The molecule has 84 valence electrons. The van der Waals surface area contributed by atoms with Crippen molar-refractivity contribution in [2.75, 3.05) is 11.1 Å². The Kier molecular flexibility index (Phi) is 3.41. The van der Waals surface area contributed by atoms with Gasteiger partial charge in [0.15, 0.2) is 0 Å². The molecular weight excluding hydrogens is 208 g/mol. The molecule has 1 aromatic heterocycles. The van der Waals surface area contributed by atoms with Crippen LogP contribution >= 0.6 is 11.5 Å². The minimum Gasteiger partial charge on any atom is -0.367 e. The lowest BCUT2D eigenvalue weighted by Gasteiger charge is -2.14. The minimum absolute atomic E-state index is 0.379. The molecule has 1 aliphatic rings. The van der Waals surface area contributed by atoms with E-state index < -0.39 is 0 Å². The van der Waals surface area contributed by atoms with E-state index in [0.717, 1.165) is 11.0 Å². The predicted octanol–water partition coefficient (Wildman–Crippen LogP) is 2.50. The number of nitrogens with zero attached hydrogens (tertiary/aromatic N) is 2. The highest BCUT2D eigenvalue weighted by Crippen LogP contribution is 2.25. The maximum Gasteiger partial charge on any atom is 0.233 e. The van der Waals surface area contributed by atoms with Gasteiger partial charge in [0.1, 0.15) is 0 Å². The molecule has 0 aliphatic heterocycles. The van der Waals surface area contributed by atoms with Crippen LogP contribution in [0.5, 0.6) is 0 Å². The van der Waals surface area contributed by atoms with E-state index in [-0.39, 0.29) is 0 Å². The highest BCUT2D eigenvalue weighted by atomic mass is 32.1. The second-order valence-corrected chi connectivity index (χ2v) is 5.16. The number of nitrogens with two attached hydrogens (primary N) is 1. The van der Waals surface area contributed by atoms with Gasteiger partial charge < -0.3 is 11.1 Å². The van der Waals surface area contributed by atoms with Crippen molar-refractivity contribution in [1.82, 2.24) is 9.36 Å². The number of anilines is 2. The molecule has 1 aliphatic carbocycles. The largest absolute Gasteiger partial charge is 0.367 e. The molecule has 5 heteroatoms. The van der Waals surface area contributed by atoms with E-state index in [4.69, 9.17) is 5.73 Å². The van der Waals surface area contributed by atoms with Gasteiger partial charge in [0, 0.05) is 17.6 Å². The van der Waals surface area contributed by atoms with E-state index in [2.05, 4.69) is 21.6 Å². The molecule has 15 heavy (non-hydrogen) atoms. The number of nitrogen functional groups attached to an aromatic ring is 1. The highest BCUT2D eigenvalue weighted by Gasteiger charge is 2.16. The van der Waals surface area contributed by atoms with Crippen LogP contribution in [-0.4, -0.2) is 15.4 Å². The molecular formula is C10H18N4S. The number of aromatic nitrogens is 2. The molecule has 2 atom stereocenters. The zero-order valence-corrected chi connectivity index (χ0v) is 9.89. The van der Waals surface area contributed by atoms with Gasteiger partial charge in [-0.25, -0.2) is 0 Å². The second kappa shape index (κ2) is 4.79. The molecule has 3 N–H and O–H groups in total. The lowest BCUT2D eigenvalue weighted by atomic mass is 10.0. The molecule has 4 nitrogen and oxygen atoms in total. The first-order valence-corrected chi connectivity index (χ1v) is 6.37. The van der Waals surface area contributed by atoms with Crippen molar-refractivity contribution in [3.8, 4) is 0 Å². The lowest BCUT2D eigenvalue weighted by molar-refractivity contribution is 0.502. The van der Waals surface area contributed by atoms with Gasteiger partial charge in [-0.1, -0.05) is 19.8 Å². The van der Waals surface area contributed by atoms with Crippen LogP contribution < -0.4 is 11.1 Å². The van der Waals surface area contributed by atoms with E-state index in [0.29, 0.717) is 12.0 Å². The fraction of sp³-hybridized carbons (Fsp3) is 0.800. The minimum atomic E-state index is 0.379. The van der Waals surface area contributed by atoms with Crippen molar-refractivity contribution in [3.63, 3.8) is 0 Å². The smallest absolute Gasteiger partial charge is 0.233 e. The molecule has 1 fully saturated rings. The Morgan fingerprint density at radius 1 is 1.33 bits per heavy atom. The van der Waals surface area contributed by atoms with E-state index in [1.54, 1.807) is 0 Å². The Balaban J connectivity index is 1.88. The van der Waals surface area contributed by atoms with Gasteiger partial charge in [0.2, 0.25) is 11.1 Å². The summed E-state index contributed by atoms with van der Waals surface area (Å²) < 4.78 is 3.97. The molecule has 2 unspecified atom stereocenters. The first kappa shape index (κ1) is 10.7. The van der Waals surface area contributed by atoms with Gasteiger partial charge in [0.05, 0.1) is 0 Å². The van der Waals surface area contributed by atoms with Crippen LogP contribution in [0, 0.1) is 5.92 Å². The van der Waals surface area contributed by atoms with Crippen LogP contribution in [0.1, 0.15) is 39.0 Å². The molecule has 0 radical (unpaired) electrons. The van der Waals surface area contributed by atoms with E-state index in [1.165, 1.54) is 43.6 Å².